The average molecular weight is 348 g/mol. The first-order valence-electron chi connectivity index (χ1n) is 9.27. The summed E-state index contributed by atoms with van der Waals surface area (Å²) in [6.07, 6.45) is 2.09. The number of hydrogen-bond donors (Lipinski definition) is 0. The highest BCUT2D eigenvalue weighted by Gasteiger charge is 2.24. The van der Waals surface area contributed by atoms with Crippen LogP contribution in [-0.2, 0) is 7.05 Å². The Morgan fingerprint density at radius 2 is 1.48 bits per heavy atom. The molecule has 0 unspecified atom stereocenters. The number of aryl methyl sites for hydroxylation is 2. The summed E-state index contributed by atoms with van der Waals surface area (Å²) in [4.78, 5) is 0. The maximum atomic E-state index is 6.49. The van der Waals surface area contributed by atoms with Gasteiger partial charge < -0.3 is 4.42 Å². The van der Waals surface area contributed by atoms with E-state index in [4.69, 9.17) is 4.42 Å². The van der Waals surface area contributed by atoms with Crippen LogP contribution in [-0.4, -0.2) is 0 Å². The maximum absolute atomic E-state index is 6.49. The number of aromatic nitrogens is 1. The van der Waals surface area contributed by atoms with Crippen molar-refractivity contribution < 1.29 is 8.98 Å². The lowest BCUT2D eigenvalue weighted by atomic mass is 9.90. The van der Waals surface area contributed by atoms with Gasteiger partial charge in [0.25, 0.3) is 0 Å². The molecule has 6 rings (SSSR count). The Morgan fingerprint density at radius 3 is 2.30 bits per heavy atom. The molecule has 27 heavy (non-hydrogen) atoms. The molecule has 6 aromatic rings. The zero-order valence-corrected chi connectivity index (χ0v) is 15.3. The van der Waals surface area contributed by atoms with Gasteiger partial charge in [0.05, 0.1) is 5.56 Å². The molecule has 0 saturated carbocycles. The summed E-state index contributed by atoms with van der Waals surface area (Å²) >= 11 is 0. The molecule has 0 radical (unpaired) electrons. The van der Waals surface area contributed by atoms with E-state index in [-0.39, 0.29) is 0 Å². The summed E-state index contributed by atoms with van der Waals surface area (Å²) < 4.78 is 8.66. The summed E-state index contributed by atoms with van der Waals surface area (Å²) in [5.74, 6) is 0. The molecule has 0 bridgehead atoms. The Morgan fingerprint density at radius 1 is 0.741 bits per heavy atom. The van der Waals surface area contributed by atoms with Crippen molar-refractivity contribution in [3.05, 3.63) is 78.5 Å². The van der Waals surface area contributed by atoms with Crippen molar-refractivity contribution >= 4 is 43.5 Å². The van der Waals surface area contributed by atoms with Gasteiger partial charge in [-0.25, -0.2) is 4.57 Å². The van der Waals surface area contributed by atoms with Gasteiger partial charge in [0, 0.05) is 22.9 Å². The second kappa shape index (κ2) is 5.08. The molecule has 2 heterocycles. The smallest absolute Gasteiger partial charge is 0.216 e. The lowest BCUT2D eigenvalue weighted by Crippen LogP contribution is -2.30. The van der Waals surface area contributed by atoms with Crippen LogP contribution < -0.4 is 4.57 Å². The third kappa shape index (κ3) is 1.82. The molecule has 0 aliphatic heterocycles. The molecule has 2 aromatic heterocycles. The van der Waals surface area contributed by atoms with Crippen molar-refractivity contribution in [1.82, 2.24) is 0 Å². The Balaban J connectivity index is 1.94. The normalized spacial score (nSPS) is 12.1. The van der Waals surface area contributed by atoms with Gasteiger partial charge in [0.1, 0.15) is 18.2 Å². The number of fused-ring (bicyclic) bond motifs is 3. The lowest BCUT2D eigenvalue weighted by molar-refractivity contribution is -0.660. The summed E-state index contributed by atoms with van der Waals surface area (Å²) in [6.45, 7) is 2.18. The van der Waals surface area contributed by atoms with Crippen LogP contribution in [0.2, 0.25) is 0 Å². The van der Waals surface area contributed by atoms with Crippen LogP contribution in [0.4, 0.5) is 0 Å². The highest BCUT2D eigenvalue weighted by atomic mass is 16.3. The van der Waals surface area contributed by atoms with Gasteiger partial charge in [-0.05, 0) is 52.2 Å². The predicted molar refractivity (Wildman–Crippen MR) is 111 cm³/mol. The fraction of sp³-hybridized carbons (Fsp3) is 0.0800. The molecule has 0 amide bonds. The first kappa shape index (κ1) is 14.7. The van der Waals surface area contributed by atoms with E-state index in [9.17, 15) is 0 Å². The molecule has 0 atom stereocenters. The summed E-state index contributed by atoms with van der Waals surface area (Å²) in [7, 11) is 2.09. The van der Waals surface area contributed by atoms with Gasteiger partial charge in [-0.3, -0.25) is 0 Å². The van der Waals surface area contributed by atoms with Crippen LogP contribution in [0, 0.1) is 6.92 Å². The van der Waals surface area contributed by atoms with E-state index < -0.39 is 0 Å². The first-order valence-corrected chi connectivity index (χ1v) is 9.27. The number of nitrogens with zero attached hydrogens (tertiary/aromatic N) is 1. The number of hydrogen-bond acceptors (Lipinski definition) is 1. The van der Waals surface area contributed by atoms with E-state index in [1.54, 1.807) is 0 Å². The molecule has 2 nitrogen and oxygen atoms in total. The zero-order chi connectivity index (χ0) is 18.1. The topological polar surface area (TPSA) is 17.0 Å². The van der Waals surface area contributed by atoms with Crippen molar-refractivity contribution in [2.75, 3.05) is 0 Å². The third-order valence-electron chi connectivity index (χ3n) is 5.79. The van der Waals surface area contributed by atoms with E-state index in [1.807, 2.05) is 0 Å². The van der Waals surface area contributed by atoms with Crippen LogP contribution in [0.1, 0.15) is 5.56 Å². The Labute approximate surface area is 156 Å². The van der Waals surface area contributed by atoms with Crippen LogP contribution in [0.15, 0.2) is 77.3 Å². The van der Waals surface area contributed by atoms with Gasteiger partial charge in [0.2, 0.25) is 5.69 Å². The molecule has 0 aliphatic rings. The number of rotatable bonds is 1. The molecule has 128 valence electrons. The lowest BCUT2D eigenvalue weighted by Gasteiger charge is -2.11. The molecular weight excluding hydrogens is 330 g/mol. The van der Waals surface area contributed by atoms with Gasteiger partial charge in [-0.2, -0.15) is 0 Å². The van der Waals surface area contributed by atoms with Crippen molar-refractivity contribution in [3.63, 3.8) is 0 Å². The molecule has 0 aliphatic carbocycles. The largest absolute Gasteiger partial charge is 0.455 e. The van der Waals surface area contributed by atoms with E-state index >= 15 is 0 Å². The maximum Gasteiger partial charge on any atom is 0.216 e. The minimum Gasteiger partial charge on any atom is -0.455 e. The Hall–Kier alpha value is -3.39. The van der Waals surface area contributed by atoms with E-state index in [0.717, 1.165) is 11.2 Å². The molecular formula is C25H18NO+. The van der Waals surface area contributed by atoms with Crippen LogP contribution in [0.3, 0.4) is 0 Å². The summed E-state index contributed by atoms with van der Waals surface area (Å²) in [5, 5.41) is 7.59. The van der Waals surface area contributed by atoms with Gasteiger partial charge in [-0.15, -0.1) is 0 Å². The van der Waals surface area contributed by atoms with E-state index in [0.29, 0.717) is 0 Å². The standard InChI is InChI=1S/C25H18NO/c1-15-14-19-17-9-4-3-8-16(17)18-10-7-12-21-23(18)24(19)25(27-21)22(15)20-11-5-6-13-26(20)2/h3-14H,1-2H3/q+1. The van der Waals surface area contributed by atoms with Gasteiger partial charge in [0.15, 0.2) is 6.20 Å². The monoisotopic (exact) mass is 348 g/mol. The molecule has 4 aromatic carbocycles. The molecule has 2 heteroatoms. The average Bonchev–Trinajstić information content (AvgIpc) is 3.08. The predicted octanol–water partition coefficient (Wildman–Crippen LogP) is 6.13. The number of pyridine rings is 1. The summed E-state index contributed by atoms with van der Waals surface area (Å²) in [6, 6.07) is 23.7. The SMILES string of the molecule is Cc1cc2c3ccccc3c3cccc4oc(c1-c1cccc[n+]1C)c2c43. The molecule has 0 N–H and O–H groups in total. The van der Waals surface area contributed by atoms with Crippen molar-refractivity contribution in [3.8, 4) is 11.3 Å². The first-order chi connectivity index (χ1) is 13.2. The third-order valence-corrected chi connectivity index (χ3v) is 5.79. The Bertz CT molecular complexity index is 1490. The molecule has 0 fully saturated rings. The Kier molecular flexibility index (Phi) is 2.77. The molecule has 0 saturated heterocycles. The van der Waals surface area contributed by atoms with Crippen molar-refractivity contribution in [1.29, 1.82) is 0 Å². The van der Waals surface area contributed by atoms with E-state index in [2.05, 4.69) is 91.5 Å². The molecule has 0 spiro atoms. The second-order valence-electron chi connectivity index (χ2n) is 7.34. The van der Waals surface area contributed by atoms with Crippen LogP contribution in [0.5, 0.6) is 0 Å². The summed E-state index contributed by atoms with van der Waals surface area (Å²) in [5.41, 5.74) is 5.53. The highest BCUT2D eigenvalue weighted by molar-refractivity contribution is 6.34. The fourth-order valence-electron chi connectivity index (χ4n) is 4.61. The van der Waals surface area contributed by atoms with Crippen LogP contribution in [0.25, 0.3) is 54.7 Å². The number of benzene rings is 4. The quantitative estimate of drug-likeness (QED) is 0.258. The minimum absolute atomic E-state index is 0.962. The minimum atomic E-state index is 0.962. The van der Waals surface area contributed by atoms with E-state index in [1.165, 1.54) is 49.1 Å². The zero-order valence-electron chi connectivity index (χ0n) is 15.3. The van der Waals surface area contributed by atoms with Gasteiger partial charge in [-0.1, -0.05) is 36.4 Å². The van der Waals surface area contributed by atoms with Crippen molar-refractivity contribution in [2.45, 2.75) is 6.92 Å². The van der Waals surface area contributed by atoms with Crippen molar-refractivity contribution in [2.24, 2.45) is 7.05 Å². The van der Waals surface area contributed by atoms with Crippen LogP contribution >= 0.6 is 0 Å². The number of furan rings is 1. The second-order valence-corrected chi connectivity index (χ2v) is 7.34. The highest BCUT2D eigenvalue weighted by Crippen LogP contribution is 2.46. The van der Waals surface area contributed by atoms with Gasteiger partial charge >= 0.3 is 0 Å². The fourth-order valence-corrected chi connectivity index (χ4v) is 4.61.